The van der Waals surface area contributed by atoms with E-state index >= 15 is 0 Å². The molecule has 0 atom stereocenters. The Morgan fingerprint density at radius 3 is 2.62 bits per heavy atom. The van der Waals surface area contributed by atoms with E-state index in [0.29, 0.717) is 0 Å². The van der Waals surface area contributed by atoms with Crippen molar-refractivity contribution in [2.75, 3.05) is 11.9 Å². The number of nitrogens with zero attached hydrogens (tertiary/aromatic N) is 1. The number of rotatable bonds is 5. The molecule has 74 valence electrons. The Labute approximate surface area is 84.4 Å². The molecule has 0 aliphatic heterocycles. The molecule has 0 saturated carbocycles. The van der Waals surface area contributed by atoms with Gasteiger partial charge in [-0.15, -0.1) is 11.3 Å². The Hall–Kier alpha value is -0.570. The molecule has 0 fully saturated rings. The van der Waals surface area contributed by atoms with E-state index in [0.717, 1.165) is 17.4 Å². The van der Waals surface area contributed by atoms with Gasteiger partial charge in [0, 0.05) is 11.4 Å². The average molecular weight is 198 g/mol. The number of unbranched alkanes of at least 4 members (excludes halogenated alkanes) is 2. The summed E-state index contributed by atoms with van der Waals surface area (Å²) < 4.78 is 0. The van der Waals surface area contributed by atoms with Gasteiger partial charge in [-0.05, 0) is 20.3 Å². The summed E-state index contributed by atoms with van der Waals surface area (Å²) in [6.07, 6.45) is 3.82. The van der Waals surface area contributed by atoms with E-state index < -0.39 is 0 Å². The van der Waals surface area contributed by atoms with Crippen LogP contribution in [0.5, 0.6) is 0 Å². The predicted molar refractivity (Wildman–Crippen MR) is 59.6 cm³/mol. The SMILES string of the molecule is CCCCCNc1nc(C)c(C)s1. The largest absolute Gasteiger partial charge is 0.362 e. The van der Waals surface area contributed by atoms with E-state index in [1.165, 1.54) is 24.1 Å². The fourth-order valence-corrected chi connectivity index (χ4v) is 1.96. The number of thiazole rings is 1. The zero-order valence-corrected chi connectivity index (χ0v) is 9.50. The molecule has 0 unspecified atom stereocenters. The van der Waals surface area contributed by atoms with Crippen LogP contribution >= 0.6 is 11.3 Å². The first kappa shape index (κ1) is 10.5. The maximum absolute atomic E-state index is 4.42. The van der Waals surface area contributed by atoms with Crippen molar-refractivity contribution < 1.29 is 0 Å². The van der Waals surface area contributed by atoms with Gasteiger partial charge in [0.15, 0.2) is 5.13 Å². The van der Waals surface area contributed by atoms with Crippen LogP contribution in [-0.4, -0.2) is 11.5 Å². The van der Waals surface area contributed by atoms with Gasteiger partial charge >= 0.3 is 0 Å². The number of aromatic nitrogens is 1. The highest BCUT2D eigenvalue weighted by Gasteiger charge is 2.01. The van der Waals surface area contributed by atoms with E-state index in [2.05, 4.69) is 31.1 Å². The molecule has 0 aromatic carbocycles. The molecule has 1 aromatic rings. The van der Waals surface area contributed by atoms with Crippen molar-refractivity contribution in [1.82, 2.24) is 4.98 Å². The smallest absolute Gasteiger partial charge is 0.183 e. The van der Waals surface area contributed by atoms with Gasteiger partial charge in [-0.3, -0.25) is 0 Å². The van der Waals surface area contributed by atoms with Crippen LogP contribution < -0.4 is 5.32 Å². The number of hydrogen-bond acceptors (Lipinski definition) is 3. The molecule has 0 saturated heterocycles. The van der Waals surface area contributed by atoms with Crippen molar-refractivity contribution >= 4 is 16.5 Å². The Balaban J connectivity index is 2.29. The van der Waals surface area contributed by atoms with Crippen LogP contribution in [0.25, 0.3) is 0 Å². The Morgan fingerprint density at radius 1 is 1.31 bits per heavy atom. The van der Waals surface area contributed by atoms with Crippen LogP contribution in [0.1, 0.15) is 36.8 Å². The van der Waals surface area contributed by atoms with Gasteiger partial charge in [0.1, 0.15) is 0 Å². The van der Waals surface area contributed by atoms with Crippen LogP contribution in [-0.2, 0) is 0 Å². The molecule has 1 aromatic heterocycles. The van der Waals surface area contributed by atoms with Crippen LogP contribution in [0.2, 0.25) is 0 Å². The van der Waals surface area contributed by atoms with E-state index in [9.17, 15) is 0 Å². The summed E-state index contributed by atoms with van der Waals surface area (Å²) in [4.78, 5) is 5.73. The minimum atomic E-state index is 1.06. The lowest BCUT2D eigenvalue weighted by atomic mass is 10.2. The average Bonchev–Trinajstić information content (AvgIpc) is 2.41. The third-order valence-corrected chi connectivity index (χ3v) is 3.12. The summed E-state index contributed by atoms with van der Waals surface area (Å²) >= 11 is 1.75. The van der Waals surface area contributed by atoms with Gasteiger partial charge in [0.2, 0.25) is 0 Å². The summed E-state index contributed by atoms with van der Waals surface area (Å²) in [5, 5.41) is 4.42. The molecule has 0 bridgehead atoms. The van der Waals surface area contributed by atoms with Crippen molar-refractivity contribution in [2.45, 2.75) is 40.0 Å². The first-order valence-corrected chi connectivity index (χ1v) is 5.73. The Kier molecular flexibility index (Phi) is 4.22. The van der Waals surface area contributed by atoms with Crippen molar-refractivity contribution in [2.24, 2.45) is 0 Å². The number of nitrogens with one attached hydrogen (secondary N) is 1. The molecule has 1 N–H and O–H groups in total. The second kappa shape index (κ2) is 5.22. The summed E-state index contributed by atoms with van der Waals surface area (Å²) in [5.74, 6) is 0. The first-order valence-electron chi connectivity index (χ1n) is 4.92. The van der Waals surface area contributed by atoms with Crippen LogP contribution in [0.15, 0.2) is 0 Å². The zero-order valence-electron chi connectivity index (χ0n) is 8.68. The second-order valence-electron chi connectivity index (χ2n) is 3.29. The van der Waals surface area contributed by atoms with Gasteiger partial charge in [-0.25, -0.2) is 4.98 Å². The molecule has 1 heterocycles. The summed E-state index contributed by atoms with van der Waals surface area (Å²) in [6, 6.07) is 0. The molecule has 0 aliphatic carbocycles. The Bertz CT molecular complexity index is 236. The minimum Gasteiger partial charge on any atom is -0.362 e. The molecule has 0 spiro atoms. The molecule has 0 amide bonds. The lowest BCUT2D eigenvalue weighted by Gasteiger charge is -1.99. The molecular formula is C10H18N2S. The fourth-order valence-electron chi connectivity index (χ4n) is 1.12. The summed E-state index contributed by atoms with van der Waals surface area (Å²) in [6.45, 7) is 7.45. The molecule has 13 heavy (non-hydrogen) atoms. The topological polar surface area (TPSA) is 24.9 Å². The van der Waals surface area contributed by atoms with Gasteiger partial charge in [-0.1, -0.05) is 19.8 Å². The van der Waals surface area contributed by atoms with E-state index in [1.807, 2.05) is 0 Å². The first-order chi connectivity index (χ1) is 6.24. The molecule has 0 aliphatic rings. The predicted octanol–water partition coefficient (Wildman–Crippen LogP) is 3.36. The maximum atomic E-state index is 4.42. The second-order valence-corrected chi connectivity index (χ2v) is 4.50. The van der Waals surface area contributed by atoms with Crippen molar-refractivity contribution in [3.05, 3.63) is 10.6 Å². The van der Waals surface area contributed by atoms with Gasteiger partial charge in [0.05, 0.1) is 5.69 Å². The van der Waals surface area contributed by atoms with E-state index in [4.69, 9.17) is 0 Å². The van der Waals surface area contributed by atoms with Gasteiger partial charge < -0.3 is 5.32 Å². The molecule has 1 rings (SSSR count). The minimum absolute atomic E-state index is 1.06. The summed E-state index contributed by atoms with van der Waals surface area (Å²) in [7, 11) is 0. The Morgan fingerprint density at radius 2 is 2.08 bits per heavy atom. The highest BCUT2D eigenvalue weighted by Crippen LogP contribution is 2.20. The van der Waals surface area contributed by atoms with Crippen LogP contribution in [0, 0.1) is 13.8 Å². The quantitative estimate of drug-likeness (QED) is 0.734. The maximum Gasteiger partial charge on any atom is 0.183 e. The third kappa shape index (κ3) is 3.35. The van der Waals surface area contributed by atoms with E-state index in [-0.39, 0.29) is 0 Å². The molecule has 0 radical (unpaired) electrons. The van der Waals surface area contributed by atoms with Crippen LogP contribution in [0.3, 0.4) is 0 Å². The van der Waals surface area contributed by atoms with Crippen molar-refractivity contribution in [3.63, 3.8) is 0 Å². The molecular weight excluding hydrogens is 180 g/mol. The highest BCUT2D eigenvalue weighted by atomic mass is 32.1. The highest BCUT2D eigenvalue weighted by molar-refractivity contribution is 7.15. The lowest BCUT2D eigenvalue weighted by molar-refractivity contribution is 0.743. The molecule has 2 nitrogen and oxygen atoms in total. The molecule has 3 heteroatoms. The van der Waals surface area contributed by atoms with Gasteiger partial charge in [0.25, 0.3) is 0 Å². The third-order valence-electron chi connectivity index (χ3n) is 2.09. The number of hydrogen-bond donors (Lipinski definition) is 1. The fraction of sp³-hybridized carbons (Fsp3) is 0.700. The van der Waals surface area contributed by atoms with Crippen molar-refractivity contribution in [1.29, 1.82) is 0 Å². The monoisotopic (exact) mass is 198 g/mol. The van der Waals surface area contributed by atoms with Crippen LogP contribution in [0.4, 0.5) is 5.13 Å². The standard InChI is InChI=1S/C10H18N2S/c1-4-5-6-7-11-10-12-8(2)9(3)13-10/h4-7H2,1-3H3,(H,11,12). The lowest BCUT2D eigenvalue weighted by Crippen LogP contribution is -2.00. The number of aryl methyl sites for hydroxylation is 2. The number of anilines is 1. The van der Waals surface area contributed by atoms with Crippen molar-refractivity contribution in [3.8, 4) is 0 Å². The van der Waals surface area contributed by atoms with Gasteiger partial charge in [-0.2, -0.15) is 0 Å². The van der Waals surface area contributed by atoms with E-state index in [1.54, 1.807) is 11.3 Å². The normalized spacial score (nSPS) is 10.4. The zero-order chi connectivity index (χ0) is 9.68. The summed E-state index contributed by atoms with van der Waals surface area (Å²) in [5.41, 5.74) is 1.16.